The fourth-order valence-electron chi connectivity index (χ4n) is 3.12. The molecule has 0 spiro atoms. The first-order valence-corrected chi connectivity index (χ1v) is 7.45. The summed E-state index contributed by atoms with van der Waals surface area (Å²) < 4.78 is 1.88. The van der Waals surface area contributed by atoms with Crippen molar-refractivity contribution in [2.75, 3.05) is 31.6 Å². The van der Waals surface area contributed by atoms with E-state index in [2.05, 4.69) is 38.0 Å². The van der Waals surface area contributed by atoms with Crippen molar-refractivity contribution < 1.29 is 0 Å². The van der Waals surface area contributed by atoms with Crippen LogP contribution in [-0.2, 0) is 13.0 Å². The van der Waals surface area contributed by atoms with Crippen LogP contribution in [0.5, 0.6) is 0 Å². The van der Waals surface area contributed by atoms with Gasteiger partial charge in [-0.1, -0.05) is 0 Å². The number of fused-ring (bicyclic) bond motifs is 1. The van der Waals surface area contributed by atoms with Crippen LogP contribution in [0.4, 0.5) is 5.82 Å². The van der Waals surface area contributed by atoms with Crippen molar-refractivity contribution in [1.29, 1.82) is 5.26 Å². The molecule has 2 aromatic heterocycles. The van der Waals surface area contributed by atoms with E-state index in [9.17, 15) is 0 Å². The van der Waals surface area contributed by atoms with E-state index < -0.39 is 0 Å². The van der Waals surface area contributed by atoms with Crippen molar-refractivity contribution >= 4 is 5.82 Å². The Morgan fingerprint density at radius 3 is 2.95 bits per heavy atom. The Labute approximate surface area is 128 Å². The summed E-state index contributed by atoms with van der Waals surface area (Å²) in [6.45, 7) is 3.71. The predicted octanol–water partition coefficient (Wildman–Crippen LogP) is 0.594. The molecule has 0 aliphatic carbocycles. The Kier molecular flexibility index (Phi) is 3.05. The SMILES string of the molecule is CN1CCc2ncnc(N3CC(n4cc(C#N)cn4)C3)c2C1. The van der Waals surface area contributed by atoms with Gasteiger partial charge >= 0.3 is 0 Å². The van der Waals surface area contributed by atoms with Crippen molar-refractivity contribution in [3.8, 4) is 6.07 Å². The molecule has 7 heteroatoms. The molecule has 4 heterocycles. The molecule has 0 unspecified atom stereocenters. The van der Waals surface area contributed by atoms with Gasteiger partial charge in [-0.2, -0.15) is 10.4 Å². The highest BCUT2D eigenvalue weighted by atomic mass is 15.4. The minimum Gasteiger partial charge on any atom is -0.352 e. The zero-order chi connectivity index (χ0) is 15.1. The molecule has 7 nitrogen and oxygen atoms in total. The highest BCUT2D eigenvalue weighted by molar-refractivity contribution is 5.51. The zero-order valence-electron chi connectivity index (χ0n) is 12.5. The van der Waals surface area contributed by atoms with Gasteiger partial charge in [-0.3, -0.25) is 4.68 Å². The second-order valence-corrected chi connectivity index (χ2v) is 5.99. The van der Waals surface area contributed by atoms with E-state index in [4.69, 9.17) is 5.26 Å². The molecule has 22 heavy (non-hydrogen) atoms. The summed E-state index contributed by atoms with van der Waals surface area (Å²) in [6.07, 6.45) is 6.09. The lowest BCUT2D eigenvalue weighted by Gasteiger charge is -2.41. The van der Waals surface area contributed by atoms with Gasteiger partial charge in [0.05, 0.1) is 23.5 Å². The largest absolute Gasteiger partial charge is 0.352 e. The highest BCUT2D eigenvalue weighted by Gasteiger charge is 2.32. The third-order valence-electron chi connectivity index (χ3n) is 4.44. The summed E-state index contributed by atoms with van der Waals surface area (Å²) in [7, 11) is 2.13. The van der Waals surface area contributed by atoms with Crippen LogP contribution < -0.4 is 4.90 Å². The lowest BCUT2D eigenvalue weighted by Crippen LogP contribution is -2.49. The second kappa shape index (κ2) is 5.07. The van der Waals surface area contributed by atoms with Gasteiger partial charge < -0.3 is 9.80 Å². The summed E-state index contributed by atoms with van der Waals surface area (Å²) in [5, 5.41) is 13.1. The molecule has 0 bridgehead atoms. The van der Waals surface area contributed by atoms with Crippen molar-refractivity contribution in [2.24, 2.45) is 0 Å². The maximum atomic E-state index is 8.88. The van der Waals surface area contributed by atoms with E-state index in [1.54, 1.807) is 12.5 Å². The van der Waals surface area contributed by atoms with Gasteiger partial charge in [-0.25, -0.2) is 9.97 Å². The van der Waals surface area contributed by atoms with Crippen LogP contribution in [0, 0.1) is 11.3 Å². The molecular formula is C15H17N7. The minimum absolute atomic E-state index is 0.314. The number of nitrogens with zero attached hydrogens (tertiary/aromatic N) is 7. The topological polar surface area (TPSA) is 73.9 Å². The van der Waals surface area contributed by atoms with E-state index in [-0.39, 0.29) is 0 Å². The molecule has 2 aliphatic rings. The van der Waals surface area contributed by atoms with Gasteiger partial charge in [-0.05, 0) is 7.05 Å². The van der Waals surface area contributed by atoms with Crippen LogP contribution in [0.3, 0.4) is 0 Å². The highest BCUT2D eigenvalue weighted by Crippen LogP contribution is 2.31. The van der Waals surface area contributed by atoms with Gasteiger partial charge in [-0.15, -0.1) is 0 Å². The van der Waals surface area contributed by atoms with Crippen molar-refractivity contribution in [3.63, 3.8) is 0 Å². The Morgan fingerprint density at radius 2 is 2.18 bits per heavy atom. The zero-order valence-corrected chi connectivity index (χ0v) is 12.5. The number of hydrogen-bond acceptors (Lipinski definition) is 6. The quantitative estimate of drug-likeness (QED) is 0.807. The summed E-state index contributed by atoms with van der Waals surface area (Å²) in [5.74, 6) is 1.06. The number of hydrogen-bond donors (Lipinski definition) is 0. The van der Waals surface area contributed by atoms with E-state index in [1.807, 2.05) is 10.9 Å². The van der Waals surface area contributed by atoms with Gasteiger partial charge in [0.2, 0.25) is 0 Å². The Morgan fingerprint density at radius 1 is 1.32 bits per heavy atom. The number of likely N-dealkylation sites (N-methyl/N-ethyl adjacent to an activating group) is 1. The van der Waals surface area contributed by atoms with Crippen molar-refractivity contribution in [2.45, 2.75) is 19.0 Å². The average Bonchev–Trinajstić information content (AvgIpc) is 2.95. The van der Waals surface area contributed by atoms with Gasteiger partial charge in [0, 0.05) is 44.4 Å². The smallest absolute Gasteiger partial charge is 0.136 e. The molecule has 2 aliphatic heterocycles. The second-order valence-electron chi connectivity index (χ2n) is 5.99. The summed E-state index contributed by atoms with van der Waals surface area (Å²) in [6, 6.07) is 2.43. The fraction of sp³-hybridized carbons (Fsp3) is 0.467. The lowest BCUT2D eigenvalue weighted by molar-refractivity contribution is 0.306. The fourth-order valence-corrected chi connectivity index (χ4v) is 3.12. The predicted molar refractivity (Wildman–Crippen MR) is 80.3 cm³/mol. The molecule has 0 radical (unpaired) electrons. The van der Waals surface area contributed by atoms with Crippen LogP contribution in [0.15, 0.2) is 18.7 Å². The van der Waals surface area contributed by atoms with Crippen LogP contribution >= 0.6 is 0 Å². The lowest BCUT2D eigenvalue weighted by atomic mass is 10.0. The number of anilines is 1. The monoisotopic (exact) mass is 295 g/mol. The van der Waals surface area contributed by atoms with E-state index in [0.717, 1.165) is 38.4 Å². The normalized spacial score (nSPS) is 18.6. The molecule has 4 rings (SSSR count). The van der Waals surface area contributed by atoms with Crippen molar-refractivity contribution in [3.05, 3.63) is 35.5 Å². The van der Waals surface area contributed by atoms with Crippen LogP contribution in [-0.4, -0.2) is 51.3 Å². The molecular weight excluding hydrogens is 278 g/mol. The van der Waals surface area contributed by atoms with Gasteiger partial charge in [0.1, 0.15) is 18.2 Å². The van der Waals surface area contributed by atoms with Crippen LogP contribution in [0.2, 0.25) is 0 Å². The first-order valence-electron chi connectivity index (χ1n) is 7.45. The Balaban J connectivity index is 1.52. The van der Waals surface area contributed by atoms with E-state index >= 15 is 0 Å². The number of rotatable bonds is 2. The molecule has 0 N–H and O–H groups in total. The number of aromatic nitrogens is 4. The molecule has 112 valence electrons. The molecule has 2 aromatic rings. The third-order valence-corrected chi connectivity index (χ3v) is 4.44. The van der Waals surface area contributed by atoms with E-state index in [1.165, 1.54) is 11.3 Å². The minimum atomic E-state index is 0.314. The van der Waals surface area contributed by atoms with Gasteiger partial charge in [0.25, 0.3) is 0 Å². The maximum Gasteiger partial charge on any atom is 0.136 e. The third kappa shape index (κ3) is 2.12. The first-order chi connectivity index (χ1) is 10.7. The average molecular weight is 295 g/mol. The molecule has 1 saturated heterocycles. The Bertz CT molecular complexity index is 739. The number of nitriles is 1. The summed E-state index contributed by atoms with van der Waals surface area (Å²) in [5.41, 5.74) is 3.05. The van der Waals surface area contributed by atoms with Crippen LogP contribution in [0.1, 0.15) is 22.9 Å². The standard InChI is InChI=1S/C15H17N7/c1-20-3-2-14-13(9-20)15(18-10-17-14)21-7-12(8-21)22-6-11(4-16)5-19-22/h5-6,10,12H,2-3,7-9H2,1H3. The molecule has 0 saturated carbocycles. The van der Waals surface area contributed by atoms with Gasteiger partial charge in [0.15, 0.2) is 0 Å². The molecule has 0 amide bonds. The maximum absolute atomic E-state index is 8.88. The summed E-state index contributed by atoms with van der Waals surface area (Å²) >= 11 is 0. The van der Waals surface area contributed by atoms with Crippen LogP contribution in [0.25, 0.3) is 0 Å². The summed E-state index contributed by atoms with van der Waals surface area (Å²) in [4.78, 5) is 13.5. The first kappa shape index (κ1) is 13.2. The van der Waals surface area contributed by atoms with Crippen molar-refractivity contribution in [1.82, 2.24) is 24.6 Å². The molecule has 0 aromatic carbocycles. The van der Waals surface area contributed by atoms with E-state index in [0.29, 0.717) is 11.6 Å². The molecule has 0 atom stereocenters. The Hall–Kier alpha value is -2.46. The molecule has 1 fully saturated rings.